The predicted molar refractivity (Wildman–Crippen MR) is 167 cm³/mol. The Bertz CT molecular complexity index is 1120. The van der Waals surface area contributed by atoms with Crippen LogP contribution in [0.1, 0.15) is 66.2 Å². The summed E-state index contributed by atoms with van der Waals surface area (Å²) in [7, 11) is 0. The molecule has 3 N–H and O–H groups in total. The van der Waals surface area contributed by atoms with Crippen molar-refractivity contribution in [1.82, 2.24) is 0 Å². The molecule has 9 heteroatoms. The van der Waals surface area contributed by atoms with Gasteiger partial charge in [-0.1, -0.05) is 80.2 Å². The van der Waals surface area contributed by atoms with Gasteiger partial charge in [0.2, 0.25) is 0 Å². The van der Waals surface area contributed by atoms with Crippen LogP contribution >= 0.6 is 0 Å². The quantitative estimate of drug-likeness (QED) is 0.281. The smallest absolute Gasteiger partial charge is 0.335 e. The van der Waals surface area contributed by atoms with Crippen molar-refractivity contribution < 1.29 is 43.9 Å². The lowest BCUT2D eigenvalue weighted by Gasteiger charge is -2.47. The van der Waals surface area contributed by atoms with E-state index in [4.69, 9.17) is 18.9 Å². The number of carbonyl (C=O) groups excluding carboxylic acids is 2. The fourth-order valence-corrected chi connectivity index (χ4v) is 5.67. The molecule has 2 fully saturated rings. The predicted octanol–water partition coefficient (Wildman–Crippen LogP) is 4.43. The van der Waals surface area contributed by atoms with Gasteiger partial charge in [0.1, 0.15) is 6.10 Å². The minimum Gasteiger partial charge on any atom is -0.464 e. The Labute approximate surface area is 261 Å². The van der Waals surface area contributed by atoms with Crippen LogP contribution in [-0.4, -0.2) is 83.2 Å². The molecule has 3 aliphatic heterocycles. The third-order valence-corrected chi connectivity index (χ3v) is 8.58. The highest BCUT2D eigenvalue weighted by Crippen LogP contribution is 2.41. The zero-order chi connectivity index (χ0) is 32.1. The SMILES string of the molecule is CCOC(=O)C(O)CC=CCC1OC2C=CCC=CC(C)=CC3OC(CC=CC=CC(=O)OC(C2)C1(C)CO)CC(O)C3C. The topological polar surface area (TPSA) is 132 Å². The first kappa shape index (κ1) is 35.7. The lowest BCUT2D eigenvalue weighted by molar-refractivity contribution is -0.198. The molecule has 0 spiro atoms. The van der Waals surface area contributed by atoms with Gasteiger partial charge in [-0.15, -0.1) is 0 Å². The number of fused-ring (bicyclic) bond motifs is 4. The van der Waals surface area contributed by atoms with Crippen LogP contribution in [0, 0.1) is 11.3 Å². The summed E-state index contributed by atoms with van der Waals surface area (Å²) in [5.41, 5.74) is 0.162. The summed E-state index contributed by atoms with van der Waals surface area (Å²) in [6.07, 6.45) is 19.4. The van der Waals surface area contributed by atoms with Crippen LogP contribution in [0.3, 0.4) is 0 Å². The molecule has 244 valence electrons. The van der Waals surface area contributed by atoms with Crippen molar-refractivity contribution in [1.29, 1.82) is 0 Å². The van der Waals surface area contributed by atoms with E-state index in [9.17, 15) is 24.9 Å². The van der Waals surface area contributed by atoms with E-state index < -0.39 is 41.8 Å². The van der Waals surface area contributed by atoms with Crippen LogP contribution in [-0.2, 0) is 28.5 Å². The molecular formula is C35H50O9. The molecule has 0 radical (unpaired) electrons. The van der Waals surface area contributed by atoms with Crippen LogP contribution < -0.4 is 0 Å². The summed E-state index contributed by atoms with van der Waals surface area (Å²) in [5, 5.41) is 31.1. The van der Waals surface area contributed by atoms with Gasteiger partial charge in [-0.25, -0.2) is 9.59 Å². The summed E-state index contributed by atoms with van der Waals surface area (Å²) >= 11 is 0. The highest BCUT2D eigenvalue weighted by Gasteiger charge is 2.49. The minimum atomic E-state index is -1.25. The molecule has 9 nitrogen and oxygen atoms in total. The fourth-order valence-electron chi connectivity index (χ4n) is 5.67. The molecular weight excluding hydrogens is 564 g/mol. The van der Waals surface area contributed by atoms with Gasteiger partial charge < -0.3 is 34.3 Å². The summed E-state index contributed by atoms with van der Waals surface area (Å²) < 4.78 is 23.4. The maximum absolute atomic E-state index is 12.9. The average molecular weight is 615 g/mol. The van der Waals surface area contributed by atoms with Gasteiger partial charge in [-0.3, -0.25) is 0 Å². The zero-order valence-corrected chi connectivity index (χ0v) is 26.4. The van der Waals surface area contributed by atoms with Gasteiger partial charge in [-0.05, 0) is 33.1 Å². The molecule has 3 rings (SSSR count). The van der Waals surface area contributed by atoms with Gasteiger partial charge in [0.15, 0.2) is 6.10 Å². The zero-order valence-electron chi connectivity index (χ0n) is 26.4. The maximum atomic E-state index is 12.9. The Morgan fingerprint density at radius 3 is 2.70 bits per heavy atom. The van der Waals surface area contributed by atoms with Crippen molar-refractivity contribution in [3.8, 4) is 0 Å². The molecule has 2 saturated heterocycles. The van der Waals surface area contributed by atoms with E-state index >= 15 is 0 Å². The summed E-state index contributed by atoms with van der Waals surface area (Å²) in [5.74, 6) is -1.21. The number of allylic oxidation sites excluding steroid dienone is 6. The number of esters is 2. The normalized spacial score (nSPS) is 34.3. The Morgan fingerprint density at radius 2 is 1.95 bits per heavy atom. The number of carbonyl (C=O) groups is 2. The number of aliphatic hydroxyl groups is 3. The van der Waals surface area contributed by atoms with E-state index in [0.717, 1.165) is 5.57 Å². The number of rotatable bonds is 7. The van der Waals surface area contributed by atoms with Crippen LogP contribution in [0.4, 0.5) is 0 Å². The van der Waals surface area contributed by atoms with Crippen molar-refractivity contribution in [2.45, 2.75) is 109 Å². The van der Waals surface area contributed by atoms with Crippen LogP contribution in [0.2, 0.25) is 0 Å². The van der Waals surface area contributed by atoms with E-state index in [1.54, 1.807) is 31.2 Å². The molecule has 3 aliphatic rings. The Kier molecular flexibility index (Phi) is 14.3. The van der Waals surface area contributed by atoms with Gasteiger partial charge in [-0.2, -0.15) is 0 Å². The molecule has 44 heavy (non-hydrogen) atoms. The lowest BCUT2D eigenvalue weighted by Crippen LogP contribution is -2.55. The van der Waals surface area contributed by atoms with Gasteiger partial charge in [0.05, 0.1) is 49.1 Å². The summed E-state index contributed by atoms with van der Waals surface area (Å²) in [6.45, 7) is 7.46. The van der Waals surface area contributed by atoms with Crippen molar-refractivity contribution in [2.24, 2.45) is 11.3 Å². The Balaban J connectivity index is 1.80. The third kappa shape index (κ3) is 10.4. The van der Waals surface area contributed by atoms with E-state index in [2.05, 4.69) is 6.08 Å². The second-order valence-electron chi connectivity index (χ2n) is 12.1. The maximum Gasteiger partial charge on any atom is 0.335 e. The van der Waals surface area contributed by atoms with E-state index in [1.807, 2.05) is 51.2 Å². The summed E-state index contributed by atoms with van der Waals surface area (Å²) in [4.78, 5) is 24.6. The van der Waals surface area contributed by atoms with Crippen molar-refractivity contribution >= 4 is 11.9 Å². The van der Waals surface area contributed by atoms with Crippen LogP contribution in [0.15, 0.2) is 72.4 Å². The molecule has 4 bridgehead atoms. The highest BCUT2D eigenvalue weighted by molar-refractivity contribution is 5.82. The summed E-state index contributed by atoms with van der Waals surface area (Å²) in [6, 6.07) is 0. The van der Waals surface area contributed by atoms with E-state index in [0.29, 0.717) is 32.1 Å². The van der Waals surface area contributed by atoms with E-state index in [-0.39, 0.29) is 43.9 Å². The second-order valence-corrected chi connectivity index (χ2v) is 12.1. The monoisotopic (exact) mass is 614 g/mol. The Morgan fingerprint density at radius 1 is 1.16 bits per heavy atom. The van der Waals surface area contributed by atoms with E-state index in [1.165, 1.54) is 6.08 Å². The van der Waals surface area contributed by atoms with Gasteiger partial charge in [0.25, 0.3) is 0 Å². The van der Waals surface area contributed by atoms with Gasteiger partial charge >= 0.3 is 11.9 Å². The average Bonchev–Trinajstić information content (AvgIpc) is 2.98. The molecule has 0 aromatic carbocycles. The fraction of sp³-hybridized carbons (Fsp3) is 0.600. The lowest BCUT2D eigenvalue weighted by atomic mass is 9.73. The highest BCUT2D eigenvalue weighted by atomic mass is 16.6. The largest absolute Gasteiger partial charge is 0.464 e. The number of ether oxygens (including phenoxy) is 4. The Hall–Kier alpha value is -2.82. The molecule has 3 heterocycles. The third-order valence-electron chi connectivity index (χ3n) is 8.58. The molecule has 0 amide bonds. The molecule has 0 saturated carbocycles. The molecule has 0 aromatic rings. The second kappa shape index (κ2) is 17.6. The molecule has 0 aromatic heterocycles. The first-order chi connectivity index (χ1) is 21.1. The number of hydrogen-bond donors (Lipinski definition) is 3. The minimum absolute atomic E-state index is 0.0163. The van der Waals surface area contributed by atoms with Crippen LogP contribution in [0.25, 0.3) is 0 Å². The van der Waals surface area contributed by atoms with Crippen molar-refractivity contribution in [2.75, 3.05) is 13.2 Å². The molecule has 9 atom stereocenters. The van der Waals surface area contributed by atoms with Crippen LogP contribution in [0.5, 0.6) is 0 Å². The first-order valence-corrected chi connectivity index (χ1v) is 15.7. The molecule has 9 unspecified atom stereocenters. The first-order valence-electron chi connectivity index (χ1n) is 15.7. The number of aliphatic hydroxyl groups excluding tert-OH is 3. The van der Waals surface area contributed by atoms with Crippen molar-refractivity contribution in [3.05, 3.63) is 72.4 Å². The standard InChI is InChI=1S/C35H50O9/c1-5-41-34(40)28(37)17-12-13-18-31-35(4,23-36)32-22-27(43-31)16-9-6-8-14-24(2)20-30-25(3)29(38)21-26(42-30)15-10-7-11-19-33(39)44-32/h7-14,16,19-20,25-32,36-38H,5-6,15,17-18,21-23H2,1-4H3. The van der Waals surface area contributed by atoms with Gasteiger partial charge in [0, 0.05) is 31.3 Å². The molecule has 0 aliphatic carbocycles. The van der Waals surface area contributed by atoms with Crippen molar-refractivity contribution in [3.63, 3.8) is 0 Å². The number of hydrogen-bond acceptors (Lipinski definition) is 9.